The summed E-state index contributed by atoms with van der Waals surface area (Å²) in [5.41, 5.74) is 1.92. The molecule has 0 fully saturated rings. The summed E-state index contributed by atoms with van der Waals surface area (Å²) in [6.07, 6.45) is 1.74. The van der Waals surface area contributed by atoms with Crippen LogP contribution in [-0.4, -0.2) is 28.4 Å². The minimum atomic E-state index is -0.0988. The molecular formula is C16H21NO4. The first-order chi connectivity index (χ1) is 10.1. The number of nitrogens with one attached hydrogen (secondary N) is 1. The molecule has 2 rings (SSSR count). The van der Waals surface area contributed by atoms with E-state index in [1.807, 2.05) is 32.2 Å². The Morgan fingerprint density at radius 3 is 2.00 bits per heavy atom. The Balaban J connectivity index is 2.58. The maximum Gasteiger partial charge on any atom is 0.131 e. The van der Waals surface area contributed by atoms with E-state index < -0.39 is 0 Å². The topological polar surface area (TPSA) is 52.9 Å². The van der Waals surface area contributed by atoms with E-state index in [0.29, 0.717) is 17.2 Å². The van der Waals surface area contributed by atoms with E-state index >= 15 is 0 Å². The van der Waals surface area contributed by atoms with E-state index in [1.165, 1.54) is 0 Å². The predicted molar refractivity (Wildman–Crippen MR) is 80.4 cm³/mol. The Hall–Kier alpha value is -2.14. The van der Waals surface area contributed by atoms with Crippen molar-refractivity contribution in [2.45, 2.75) is 13.0 Å². The van der Waals surface area contributed by atoms with Gasteiger partial charge in [0, 0.05) is 17.7 Å². The quantitative estimate of drug-likeness (QED) is 0.887. The van der Waals surface area contributed by atoms with Crippen LogP contribution in [0.25, 0.3) is 0 Å². The minimum Gasteiger partial charge on any atom is -0.496 e. The molecular weight excluding hydrogens is 270 g/mol. The number of rotatable bonds is 6. The molecule has 0 amide bonds. The van der Waals surface area contributed by atoms with Crippen molar-refractivity contribution in [3.63, 3.8) is 0 Å². The maximum absolute atomic E-state index is 5.51. The van der Waals surface area contributed by atoms with Crippen LogP contribution in [0, 0.1) is 6.92 Å². The molecule has 1 aromatic carbocycles. The fourth-order valence-electron chi connectivity index (χ4n) is 2.41. The predicted octanol–water partition coefficient (Wildman–Crippen LogP) is 2.92. The summed E-state index contributed by atoms with van der Waals surface area (Å²) in [4.78, 5) is 0. The highest BCUT2D eigenvalue weighted by atomic mass is 16.5. The first-order valence-corrected chi connectivity index (χ1v) is 6.66. The van der Waals surface area contributed by atoms with Crippen LogP contribution in [0.1, 0.15) is 22.9 Å². The smallest absolute Gasteiger partial charge is 0.131 e. The Kier molecular flexibility index (Phi) is 4.75. The number of methoxy groups -OCH3 is 3. The molecule has 2 aromatic rings. The van der Waals surface area contributed by atoms with Gasteiger partial charge in [0.05, 0.1) is 39.2 Å². The molecule has 1 heterocycles. The number of benzene rings is 1. The van der Waals surface area contributed by atoms with Crippen molar-refractivity contribution in [3.8, 4) is 17.2 Å². The van der Waals surface area contributed by atoms with Crippen LogP contribution in [0.3, 0.4) is 0 Å². The van der Waals surface area contributed by atoms with E-state index in [-0.39, 0.29) is 6.04 Å². The molecule has 114 valence electrons. The van der Waals surface area contributed by atoms with Gasteiger partial charge in [-0.1, -0.05) is 0 Å². The summed E-state index contributed by atoms with van der Waals surface area (Å²) in [6, 6.07) is 5.58. The summed E-state index contributed by atoms with van der Waals surface area (Å²) in [5, 5.41) is 3.27. The number of ether oxygens (including phenoxy) is 3. The van der Waals surface area contributed by atoms with Crippen LogP contribution in [-0.2, 0) is 0 Å². The van der Waals surface area contributed by atoms with E-state index in [9.17, 15) is 0 Å². The number of aryl methyl sites for hydroxylation is 1. The van der Waals surface area contributed by atoms with Crippen molar-refractivity contribution >= 4 is 0 Å². The molecule has 0 bridgehead atoms. The largest absolute Gasteiger partial charge is 0.496 e. The monoisotopic (exact) mass is 291 g/mol. The SMILES string of the molecule is CNC(c1coc(C)c1)c1c(OC)cc(OC)cc1OC. The molecule has 0 saturated heterocycles. The lowest BCUT2D eigenvalue weighted by atomic mass is 9.98. The summed E-state index contributed by atoms with van der Waals surface area (Å²) >= 11 is 0. The van der Waals surface area contributed by atoms with Crippen molar-refractivity contribution in [1.29, 1.82) is 0 Å². The van der Waals surface area contributed by atoms with E-state index in [4.69, 9.17) is 18.6 Å². The molecule has 0 aliphatic carbocycles. The van der Waals surface area contributed by atoms with E-state index in [0.717, 1.165) is 16.9 Å². The number of furan rings is 1. The third-order valence-electron chi connectivity index (χ3n) is 3.41. The fraction of sp³-hybridized carbons (Fsp3) is 0.375. The van der Waals surface area contributed by atoms with Crippen LogP contribution in [0.5, 0.6) is 17.2 Å². The molecule has 0 aliphatic heterocycles. The van der Waals surface area contributed by atoms with Crippen LogP contribution in [0.4, 0.5) is 0 Å². The molecule has 1 atom stereocenters. The second-order valence-electron chi connectivity index (χ2n) is 4.66. The summed E-state index contributed by atoms with van der Waals surface area (Å²) in [5.74, 6) is 2.94. The average Bonchev–Trinajstić information content (AvgIpc) is 2.94. The van der Waals surface area contributed by atoms with Gasteiger partial charge in [-0.15, -0.1) is 0 Å². The summed E-state index contributed by atoms with van der Waals surface area (Å²) in [6.45, 7) is 1.92. The van der Waals surface area contributed by atoms with Gasteiger partial charge in [0.2, 0.25) is 0 Å². The van der Waals surface area contributed by atoms with Gasteiger partial charge in [0.1, 0.15) is 23.0 Å². The number of hydrogen-bond donors (Lipinski definition) is 1. The summed E-state index contributed by atoms with van der Waals surface area (Å²) < 4.78 is 21.7. The van der Waals surface area contributed by atoms with Gasteiger partial charge in [0.25, 0.3) is 0 Å². The zero-order chi connectivity index (χ0) is 15.4. The van der Waals surface area contributed by atoms with Crippen molar-refractivity contribution in [3.05, 3.63) is 41.3 Å². The Morgan fingerprint density at radius 1 is 1.00 bits per heavy atom. The van der Waals surface area contributed by atoms with Gasteiger partial charge in [-0.3, -0.25) is 0 Å². The molecule has 5 nitrogen and oxygen atoms in total. The van der Waals surface area contributed by atoms with Crippen molar-refractivity contribution in [2.24, 2.45) is 0 Å². The molecule has 1 unspecified atom stereocenters. The van der Waals surface area contributed by atoms with E-state index in [1.54, 1.807) is 27.6 Å². The minimum absolute atomic E-state index is 0.0988. The highest BCUT2D eigenvalue weighted by Crippen LogP contribution is 2.40. The molecule has 21 heavy (non-hydrogen) atoms. The second kappa shape index (κ2) is 6.54. The van der Waals surface area contributed by atoms with Crippen LogP contribution < -0.4 is 19.5 Å². The van der Waals surface area contributed by atoms with E-state index in [2.05, 4.69) is 5.32 Å². The third-order valence-corrected chi connectivity index (χ3v) is 3.41. The Labute approximate surface area is 124 Å². The maximum atomic E-state index is 5.51. The first-order valence-electron chi connectivity index (χ1n) is 6.66. The highest BCUT2D eigenvalue weighted by molar-refractivity contribution is 5.54. The molecule has 1 aromatic heterocycles. The molecule has 0 aliphatic rings. The third kappa shape index (κ3) is 2.97. The first kappa shape index (κ1) is 15.3. The normalized spacial score (nSPS) is 12.0. The van der Waals surface area contributed by atoms with Gasteiger partial charge < -0.3 is 23.9 Å². The van der Waals surface area contributed by atoms with Gasteiger partial charge >= 0.3 is 0 Å². The molecule has 5 heteroatoms. The van der Waals surface area contributed by atoms with Crippen molar-refractivity contribution in [1.82, 2.24) is 5.32 Å². The lowest BCUT2D eigenvalue weighted by Crippen LogP contribution is -2.19. The fourth-order valence-corrected chi connectivity index (χ4v) is 2.41. The van der Waals surface area contributed by atoms with Crippen LogP contribution >= 0.6 is 0 Å². The highest BCUT2D eigenvalue weighted by Gasteiger charge is 2.24. The Bertz CT molecular complexity index is 581. The lowest BCUT2D eigenvalue weighted by Gasteiger charge is -2.21. The average molecular weight is 291 g/mol. The second-order valence-corrected chi connectivity index (χ2v) is 4.66. The number of hydrogen-bond acceptors (Lipinski definition) is 5. The van der Waals surface area contributed by atoms with Crippen LogP contribution in [0.15, 0.2) is 28.9 Å². The lowest BCUT2D eigenvalue weighted by molar-refractivity contribution is 0.363. The Morgan fingerprint density at radius 2 is 1.62 bits per heavy atom. The molecule has 0 radical (unpaired) electrons. The van der Waals surface area contributed by atoms with Gasteiger partial charge in [-0.05, 0) is 20.0 Å². The van der Waals surface area contributed by atoms with Crippen LogP contribution in [0.2, 0.25) is 0 Å². The zero-order valence-corrected chi connectivity index (χ0v) is 13.0. The molecule has 0 saturated carbocycles. The van der Waals surface area contributed by atoms with Gasteiger partial charge in [-0.25, -0.2) is 0 Å². The molecule has 1 N–H and O–H groups in total. The van der Waals surface area contributed by atoms with Gasteiger partial charge in [0.15, 0.2) is 0 Å². The van der Waals surface area contributed by atoms with Gasteiger partial charge in [-0.2, -0.15) is 0 Å². The van der Waals surface area contributed by atoms with Crippen molar-refractivity contribution < 1.29 is 18.6 Å². The molecule has 0 spiro atoms. The van der Waals surface area contributed by atoms with Crippen molar-refractivity contribution in [2.75, 3.05) is 28.4 Å². The standard InChI is InChI=1S/C16H21NO4/c1-10-6-11(9-21-10)16(17-2)15-13(19-4)7-12(18-3)8-14(15)20-5/h6-9,16-17H,1-5H3. The summed E-state index contributed by atoms with van der Waals surface area (Å²) in [7, 11) is 6.76. The zero-order valence-electron chi connectivity index (χ0n) is 13.0.